The van der Waals surface area contributed by atoms with Gasteiger partial charge in [0.05, 0.1) is 27.0 Å². The van der Waals surface area contributed by atoms with Crippen LogP contribution in [-0.4, -0.2) is 39.1 Å². The van der Waals surface area contributed by atoms with Gasteiger partial charge in [-0.25, -0.2) is 4.99 Å². The van der Waals surface area contributed by atoms with E-state index in [1.165, 1.54) is 21.3 Å². The molecular weight excluding hydrogens is 436 g/mol. The van der Waals surface area contributed by atoms with Gasteiger partial charge in [0.15, 0.2) is 11.5 Å². The van der Waals surface area contributed by atoms with Gasteiger partial charge in [0.25, 0.3) is 11.8 Å². The molecular formula is C25H26N4O5. The molecule has 0 radical (unpaired) electrons. The smallest absolute Gasteiger partial charge is 0.258 e. The summed E-state index contributed by atoms with van der Waals surface area (Å²) in [4.78, 5) is 29.4. The van der Waals surface area contributed by atoms with E-state index in [2.05, 4.69) is 15.6 Å². The van der Waals surface area contributed by atoms with Crippen LogP contribution in [0.1, 0.15) is 26.3 Å². The average molecular weight is 463 g/mol. The molecule has 0 aromatic heterocycles. The Labute approximate surface area is 197 Å². The van der Waals surface area contributed by atoms with Gasteiger partial charge in [-0.1, -0.05) is 12.1 Å². The molecule has 34 heavy (non-hydrogen) atoms. The van der Waals surface area contributed by atoms with Gasteiger partial charge in [-0.15, -0.1) is 0 Å². The van der Waals surface area contributed by atoms with Gasteiger partial charge < -0.3 is 25.3 Å². The fraction of sp³-hybridized carbons (Fsp3) is 0.160. The predicted molar refractivity (Wildman–Crippen MR) is 130 cm³/mol. The molecule has 0 spiro atoms. The van der Waals surface area contributed by atoms with E-state index < -0.39 is 5.91 Å². The fourth-order valence-electron chi connectivity index (χ4n) is 3.26. The third-order valence-corrected chi connectivity index (χ3v) is 4.85. The highest BCUT2D eigenvalue weighted by Gasteiger charge is 2.15. The second-order valence-corrected chi connectivity index (χ2v) is 7.22. The summed E-state index contributed by atoms with van der Waals surface area (Å²) in [6.07, 6.45) is 0. The molecule has 0 fully saturated rings. The van der Waals surface area contributed by atoms with Crippen molar-refractivity contribution in [2.24, 2.45) is 10.7 Å². The van der Waals surface area contributed by atoms with Crippen LogP contribution in [0, 0.1) is 6.92 Å². The summed E-state index contributed by atoms with van der Waals surface area (Å²) < 4.78 is 15.7. The lowest BCUT2D eigenvalue weighted by Crippen LogP contribution is -2.36. The first-order valence-corrected chi connectivity index (χ1v) is 10.3. The lowest BCUT2D eigenvalue weighted by molar-refractivity contribution is 0.0974. The van der Waals surface area contributed by atoms with E-state index in [0.717, 1.165) is 5.56 Å². The molecule has 3 rings (SSSR count). The number of rotatable bonds is 7. The summed E-state index contributed by atoms with van der Waals surface area (Å²) in [5, 5.41) is 5.35. The fourth-order valence-corrected chi connectivity index (χ4v) is 3.26. The Bertz CT molecular complexity index is 1240. The van der Waals surface area contributed by atoms with E-state index in [9.17, 15) is 9.59 Å². The molecule has 176 valence electrons. The standard InChI is InChI=1S/C25H26N4O5/c1-15-11-17(13-21(33-3)22(15)34-4)24(31)29-25(26)28-19-9-6-8-18(14-19)27-23(30)16-7-5-10-20(12-16)32-2/h5-14H,1-4H3,(H,27,30)(H3,26,28,29,31). The molecule has 3 aromatic rings. The zero-order valence-electron chi connectivity index (χ0n) is 19.3. The minimum Gasteiger partial charge on any atom is -0.497 e. The molecule has 0 saturated heterocycles. The van der Waals surface area contributed by atoms with Crippen LogP contribution in [0.4, 0.5) is 11.4 Å². The van der Waals surface area contributed by atoms with Crippen molar-refractivity contribution in [3.8, 4) is 17.2 Å². The molecule has 0 bridgehead atoms. The number of nitrogens with two attached hydrogens (primary N) is 1. The Morgan fingerprint density at radius 3 is 2.32 bits per heavy atom. The maximum Gasteiger partial charge on any atom is 0.258 e. The van der Waals surface area contributed by atoms with Gasteiger partial charge in [-0.05, 0) is 61.0 Å². The number of amides is 2. The lowest BCUT2D eigenvalue weighted by Gasteiger charge is -2.13. The number of methoxy groups -OCH3 is 3. The Morgan fingerprint density at radius 1 is 0.853 bits per heavy atom. The van der Waals surface area contributed by atoms with Gasteiger partial charge in [0.2, 0.25) is 5.96 Å². The number of carbonyl (C=O) groups is 2. The Kier molecular flexibility index (Phi) is 7.71. The van der Waals surface area contributed by atoms with Crippen molar-refractivity contribution in [2.45, 2.75) is 6.92 Å². The van der Waals surface area contributed by atoms with Crippen molar-refractivity contribution >= 4 is 29.1 Å². The normalized spacial score (nSPS) is 10.9. The Morgan fingerprint density at radius 2 is 1.62 bits per heavy atom. The summed E-state index contributed by atoms with van der Waals surface area (Å²) in [5.41, 5.74) is 8.44. The Hall–Kier alpha value is -4.53. The van der Waals surface area contributed by atoms with Crippen LogP contribution in [-0.2, 0) is 0 Å². The van der Waals surface area contributed by atoms with Crippen LogP contribution in [0.5, 0.6) is 17.2 Å². The number of aryl methyl sites for hydroxylation is 1. The number of hydrogen-bond acceptors (Lipinski definition) is 6. The first-order chi connectivity index (χ1) is 16.3. The summed E-state index contributed by atoms with van der Waals surface area (Å²) in [5.74, 6) is 0.710. The first kappa shape index (κ1) is 24.1. The van der Waals surface area contributed by atoms with Crippen LogP contribution < -0.4 is 30.6 Å². The van der Waals surface area contributed by atoms with Gasteiger partial charge in [-0.2, -0.15) is 0 Å². The number of hydrogen-bond donors (Lipinski definition) is 3. The van der Waals surface area contributed by atoms with Crippen LogP contribution in [0.15, 0.2) is 65.7 Å². The predicted octanol–water partition coefficient (Wildman–Crippen LogP) is 3.65. The Balaban J connectivity index is 1.72. The molecule has 4 N–H and O–H groups in total. The average Bonchev–Trinajstić information content (AvgIpc) is 2.83. The van der Waals surface area contributed by atoms with E-state index in [4.69, 9.17) is 19.9 Å². The van der Waals surface area contributed by atoms with Gasteiger partial charge >= 0.3 is 0 Å². The van der Waals surface area contributed by atoms with Gasteiger partial charge in [-0.3, -0.25) is 14.9 Å². The molecule has 0 heterocycles. The van der Waals surface area contributed by atoms with E-state index >= 15 is 0 Å². The van der Waals surface area contributed by atoms with Gasteiger partial charge in [0, 0.05) is 16.8 Å². The number of nitrogens with one attached hydrogen (secondary N) is 2. The molecule has 0 atom stereocenters. The maximum atomic E-state index is 12.7. The topological polar surface area (TPSA) is 124 Å². The highest BCUT2D eigenvalue weighted by molar-refractivity contribution is 6.06. The van der Waals surface area contributed by atoms with Crippen molar-refractivity contribution in [1.29, 1.82) is 0 Å². The lowest BCUT2D eigenvalue weighted by atomic mass is 10.1. The van der Waals surface area contributed by atoms with E-state index in [0.29, 0.717) is 39.8 Å². The van der Waals surface area contributed by atoms with Crippen LogP contribution in [0.25, 0.3) is 0 Å². The number of nitrogens with zero attached hydrogens (tertiary/aromatic N) is 1. The number of anilines is 1. The van der Waals surface area contributed by atoms with E-state index in [1.807, 2.05) is 0 Å². The largest absolute Gasteiger partial charge is 0.497 e. The highest BCUT2D eigenvalue weighted by atomic mass is 16.5. The zero-order chi connectivity index (χ0) is 24.7. The van der Waals surface area contributed by atoms with Crippen LogP contribution in [0.3, 0.4) is 0 Å². The molecule has 2 amide bonds. The summed E-state index contributed by atoms with van der Waals surface area (Å²) in [7, 11) is 4.56. The quantitative estimate of drug-likeness (QED) is 0.364. The van der Waals surface area contributed by atoms with Crippen molar-refractivity contribution in [3.05, 3.63) is 77.4 Å². The second kappa shape index (κ2) is 10.9. The number of guanidine groups is 1. The molecule has 3 aromatic carbocycles. The van der Waals surface area contributed by atoms with Crippen molar-refractivity contribution < 1.29 is 23.8 Å². The SMILES string of the molecule is COc1cccc(C(=O)Nc2cccc(N=C(N)NC(=O)c3cc(C)c(OC)c(OC)c3)c2)c1. The molecule has 0 aliphatic rings. The first-order valence-electron chi connectivity index (χ1n) is 10.3. The van der Waals surface area contributed by atoms with E-state index in [-0.39, 0.29) is 11.9 Å². The summed E-state index contributed by atoms with van der Waals surface area (Å²) in [6, 6.07) is 16.8. The molecule has 0 saturated carbocycles. The minimum absolute atomic E-state index is 0.103. The number of ether oxygens (including phenoxy) is 3. The third kappa shape index (κ3) is 5.83. The van der Waals surface area contributed by atoms with Crippen LogP contribution >= 0.6 is 0 Å². The van der Waals surface area contributed by atoms with Crippen LogP contribution in [0.2, 0.25) is 0 Å². The molecule has 0 unspecified atom stereocenters. The number of benzene rings is 3. The monoisotopic (exact) mass is 462 g/mol. The molecule has 0 aliphatic carbocycles. The summed E-state index contributed by atoms with van der Waals surface area (Å²) in [6.45, 7) is 1.81. The molecule has 9 heteroatoms. The number of carbonyl (C=O) groups excluding carboxylic acids is 2. The van der Waals surface area contributed by atoms with Crippen molar-refractivity contribution in [1.82, 2.24) is 5.32 Å². The maximum absolute atomic E-state index is 12.7. The van der Waals surface area contributed by atoms with Gasteiger partial charge in [0.1, 0.15) is 5.75 Å². The zero-order valence-corrected chi connectivity index (χ0v) is 19.3. The summed E-state index contributed by atoms with van der Waals surface area (Å²) >= 11 is 0. The second-order valence-electron chi connectivity index (χ2n) is 7.22. The van der Waals surface area contributed by atoms with Crippen molar-refractivity contribution in [3.63, 3.8) is 0 Å². The third-order valence-electron chi connectivity index (χ3n) is 4.85. The highest BCUT2D eigenvalue weighted by Crippen LogP contribution is 2.32. The van der Waals surface area contributed by atoms with E-state index in [1.54, 1.807) is 67.6 Å². The van der Waals surface area contributed by atoms with Crippen molar-refractivity contribution in [2.75, 3.05) is 26.6 Å². The minimum atomic E-state index is -0.451. The molecule has 9 nitrogen and oxygen atoms in total. The molecule has 0 aliphatic heterocycles. The number of aliphatic imine (C=N–C) groups is 1.